The van der Waals surface area contributed by atoms with Crippen LogP contribution in [0.25, 0.3) is 0 Å². The molecule has 32 heavy (non-hydrogen) atoms. The van der Waals surface area contributed by atoms with Gasteiger partial charge in [0.2, 0.25) is 0 Å². The minimum atomic E-state index is -0.213. The van der Waals surface area contributed by atoms with Gasteiger partial charge in [0, 0.05) is 51.5 Å². The average molecular weight is 442 g/mol. The molecule has 0 radical (unpaired) electrons. The minimum Gasteiger partial charge on any atom is -0.492 e. The zero-order valence-electron chi connectivity index (χ0n) is 18.5. The molecule has 2 heterocycles. The Balaban J connectivity index is 1.23. The predicted octanol–water partition coefficient (Wildman–Crippen LogP) is 2.17. The number of morpholine rings is 1. The third-order valence-electron chi connectivity index (χ3n) is 5.90. The van der Waals surface area contributed by atoms with Gasteiger partial charge in [-0.25, -0.2) is 9.38 Å². The van der Waals surface area contributed by atoms with Gasteiger partial charge >= 0.3 is 0 Å². The van der Waals surface area contributed by atoms with E-state index in [1.165, 1.54) is 12.1 Å². The Morgan fingerprint density at radius 1 is 1.00 bits per heavy atom. The Morgan fingerprint density at radius 2 is 1.75 bits per heavy atom. The number of hydrogen-bond acceptors (Lipinski definition) is 5. The first-order chi connectivity index (χ1) is 15.7. The lowest BCUT2D eigenvalue weighted by Gasteiger charge is -2.36. The molecular weight excluding hydrogens is 409 g/mol. The number of guanidine groups is 1. The van der Waals surface area contributed by atoms with Crippen molar-refractivity contribution < 1.29 is 13.9 Å². The molecule has 0 unspecified atom stereocenters. The molecule has 7 nitrogen and oxygen atoms in total. The van der Waals surface area contributed by atoms with Crippen LogP contribution in [-0.2, 0) is 11.3 Å². The van der Waals surface area contributed by atoms with Crippen LogP contribution in [-0.4, -0.2) is 81.4 Å². The zero-order chi connectivity index (χ0) is 22.2. The van der Waals surface area contributed by atoms with Crippen molar-refractivity contribution in [2.24, 2.45) is 10.7 Å². The van der Waals surface area contributed by atoms with Gasteiger partial charge in [-0.3, -0.25) is 4.90 Å². The largest absolute Gasteiger partial charge is 0.492 e. The van der Waals surface area contributed by atoms with Crippen molar-refractivity contribution in [2.75, 3.05) is 70.5 Å². The van der Waals surface area contributed by atoms with Crippen molar-refractivity contribution >= 4 is 11.6 Å². The van der Waals surface area contributed by atoms with Crippen molar-refractivity contribution in [2.45, 2.75) is 6.54 Å². The van der Waals surface area contributed by atoms with Crippen LogP contribution in [0.2, 0.25) is 0 Å². The van der Waals surface area contributed by atoms with E-state index in [4.69, 9.17) is 15.2 Å². The highest BCUT2D eigenvalue weighted by molar-refractivity contribution is 5.78. The summed E-state index contributed by atoms with van der Waals surface area (Å²) in [5.41, 5.74) is 8.37. The Morgan fingerprint density at radius 3 is 2.50 bits per heavy atom. The van der Waals surface area contributed by atoms with Crippen molar-refractivity contribution in [1.29, 1.82) is 0 Å². The molecule has 0 amide bonds. The van der Waals surface area contributed by atoms with E-state index in [0.717, 1.165) is 76.0 Å². The number of aliphatic imine (C=N–C) groups is 1. The van der Waals surface area contributed by atoms with Gasteiger partial charge in [-0.2, -0.15) is 0 Å². The number of anilines is 1. The van der Waals surface area contributed by atoms with Crippen LogP contribution in [0.1, 0.15) is 5.56 Å². The van der Waals surface area contributed by atoms with E-state index in [1.807, 2.05) is 36.4 Å². The molecule has 0 saturated carbocycles. The molecule has 0 spiro atoms. The lowest BCUT2D eigenvalue weighted by Crippen LogP contribution is -2.51. The molecule has 2 aromatic carbocycles. The van der Waals surface area contributed by atoms with Crippen molar-refractivity contribution in [3.8, 4) is 5.75 Å². The van der Waals surface area contributed by atoms with Crippen LogP contribution in [0.5, 0.6) is 5.75 Å². The predicted molar refractivity (Wildman–Crippen MR) is 125 cm³/mol. The minimum absolute atomic E-state index is 0.213. The smallest absolute Gasteiger partial charge is 0.191 e. The molecule has 2 N–H and O–H groups in total. The van der Waals surface area contributed by atoms with E-state index in [-0.39, 0.29) is 5.82 Å². The summed E-state index contributed by atoms with van der Waals surface area (Å²) in [5, 5.41) is 0. The van der Waals surface area contributed by atoms with Crippen molar-refractivity contribution in [1.82, 2.24) is 9.80 Å². The summed E-state index contributed by atoms with van der Waals surface area (Å²) in [5.74, 6) is 1.20. The van der Waals surface area contributed by atoms with Crippen LogP contribution in [0.15, 0.2) is 53.5 Å². The van der Waals surface area contributed by atoms with Gasteiger partial charge in [0.25, 0.3) is 0 Å². The molecule has 2 fully saturated rings. The number of nitrogens with zero attached hydrogens (tertiary/aromatic N) is 4. The summed E-state index contributed by atoms with van der Waals surface area (Å²) in [4.78, 5) is 11.3. The van der Waals surface area contributed by atoms with E-state index in [1.54, 1.807) is 0 Å². The van der Waals surface area contributed by atoms with Gasteiger partial charge in [0.05, 0.1) is 19.8 Å². The maximum Gasteiger partial charge on any atom is 0.191 e. The van der Waals surface area contributed by atoms with E-state index >= 15 is 0 Å². The SMILES string of the molecule is NC(=NCc1cccc(OCCN2CCOCC2)c1)N1CCN(c2ccc(F)cc2)CC1. The fourth-order valence-electron chi connectivity index (χ4n) is 3.97. The van der Waals surface area contributed by atoms with Crippen molar-refractivity contribution in [3.63, 3.8) is 0 Å². The first-order valence-electron chi connectivity index (χ1n) is 11.2. The van der Waals surface area contributed by atoms with Crippen molar-refractivity contribution in [3.05, 3.63) is 59.9 Å². The van der Waals surface area contributed by atoms with Gasteiger partial charge in [-0.05, 0) is 42.0 Å². The molecule has 8 heteroatoms. The Labute approximate surface area is 189 Å². The fraction of sp³-hybridized carbons (Fsp3) is 0.458. The summed E-state index contributed by atoms with van der Waals surface area (Å²) >= 11 is 0. The summed E-state index contributed by atoms with van der Waals surface area (Å²) in [7, 11) is 0. The molecule has 4 rings (SSSR count). The molecule has 2 aliphatic rings. The van der Waals surface area contributed by atoms with Crippen LogP contribution in [0.4, 0.5) is 10.1 Å². The number of ether oxygens (including phenoxy) is 2. The second-order valence-corrected chi connectivity index (χ2v) is 8.07. The maximum absolute atomic E-state index is 13.1. The Kier molecular flexibility index (Phi) is 7.79. The van der Waals surface area contributed by atoms with Gasteiger partial charge in [0.15, 0.2) is 5.96 Å². The maximum atomic E-state index is 13.1. The highest BCUT2D eigenvalue weighted by Gasteiger charge is 2.18. The standard InChI is InChI=1S/C24H32FN5O2/c25-21-4-6-22(7-5-21)29-8-10-30(11-9-29)24(26)27-19-20-2-1-3-23(18-20)32-17-14-28-12-15-31-16-13-28/h1-7,18H,8-17,19H2,(H2,26,27). The van der Waals surface area contributed by atoms with Gasteiger partial charge in [-0.1, -0.05) is 12.1 Å². The molecule has 0 aromatic heterocycles. The number of halogens is 1. The zero-order valence-corrected chi connectivity index (χ0v) is 18.5. The van der Waals surface area contributed by atoms with E-state index in [0.29, 0.717) is 19.1 Å². The van der Waals surface area contributed by atoms with Crippen LogP contribution in [0, 0.1) is 5.82 Å². The average Bonchev–Trinajstić information content (AvgIpc) is 2.84. The van der Waals surface area contributed by atoms with Crippen LogP contribution >= 0.6 is 0 Å². The first-order valence-corrected chi connectivity index (χ1v) is 11.2. The molecule has 0 atom stereocenters. The molecule has 0 aliphatic carbocycles. The number of nitrogens with two attached hydrogens (primary N) is 1. The molecule has 2 aliphatic heterocycles. The lowest BCUT2D eigenvalue weighted by molar-refractivity contribution is 0.0322. The first kappa shape index (κ1) is 22.4. The molecular formula is C24H32FN5O2. The second kappa shape index (κ2) is 11.2. The number of piperazine rings is 1. The van der Waals surface area contributed by atoms with Gasteiger partial charge < -0.3 is 25.0 Å². The highest BCUT2D eigenvalue weighted by atomic mass is 19.1. The van der Waals surface area contributed by atoms with Gasteiger partial charge in [-0.15, -0.1) is 0 Å². The summed E-state index contributed by atoms with van der Waals surface area (Å²) in [6, 6.07) is 14.7. The van der Waals surface area contributed by atoms with E-state index < -0.39 is 0 Å². The monoisotopic (exact) mass is 441 g/mol. The quantitative estimate of drug-likeness (QED) is 0.525. The van der Waals surface area contributed by atoms with E-state index in [2.05, 4.69) is 19.7 Å². The lowest BCUT2D eigenvalue weighted by atomic mass is 10.2. The van der Waals surface area contributed by atoms with E-state index in [9.17, 15) is 4.39 Å². The summed E-state index contributed by atoms with van der Waals surface area (Å²) in [6.45, 7) is 8.86. The Hall–Kier alpha value is -2.84. The number of benzene rings is 2. The number of hydrogen-bond donors (Lipinski definition) is 1. The summed E-state index contributed by atoms with van der Waals surface area (Å²) < 4.78 is 24.4. The second-order valence-electron chi connectivity index (χ2n) is 8.07. The topological polar surface area (TPSA) is 66.6 Å². The fourth-order valence-corrected chi connectivity index (χ4v) is 3.97. The van der Waals surface area contributed by atoms with Crippen LogP contribution < -0.4 is 15.4 Å². The normalized spacial score (nSPS) is 18.1. The molecule has 2 saturated heterocycles. The number of rotatable bonds is 7. The van der Waals surface area contributed by atoms with Crippen LogP contribution in [0.3, 0.4) is 0 Å². The molecule has 172 valence electrons. The highest BCUT2D eigenvalue weighted by Crippen LogP contribution is 2.17. The molecule has 2 aromatic rings. The molecule has 0 bridgehead atoms. The third-order valence-corrected chi connectivity index (χ3v) is 5.90. The van der Waals surface area contributed by atoms with Gasteiger partial charge in [0.1, 0.15) is 18.2 Å². The summed E-state index contributed by atoms with van der Waals surface area (Å²) in [6.07, 6.45) is 0. The Bertz CT molecular complexity index is 878. The third kappa shape index (κ3) is 6.34.